The Kier molecular flexibility index (Phi) is 3.42. The van der Waals surface area contributed by atoms with E-state index >= 15 is 0 Å². The maximum absolute atomic E-state index is 12.1. The Morgan fingerprint density at radius 3 is 2.05 bits per heavy atom. The number of carboxylic acids is 1. The molecule has 2 rings (SSSR count). The number of hydrogen-bond donors (Lipinski definition) is 2. The van der Waals surface area contributed by atoms with Crippen LogP contribution in [0.15, 0.2) is 29.2 Å². The Morgan fingerprint density at radius 2 is 1.70 bits per heavy atom. The van der Waals surface area contributed by atoms with E-state index in [2.05, 4.69) is 4.72 Å². The molecule has 0 amide bonds. The summed E-state index contributed by atoms with van der Waals surface area (Å²) in [6.07, 6.45) is 1.21. The third kappa shape index (κ3) is 2.86. The van der Waals surface area contributed by atoms with Crippen molar-refractivity contribution in [3.05, 3.63) is 29.8 Å². The summed E-state index contributed by atoms with van der Waals surface area (Å²) < 4.78 is 26.8. The molecule has 0 aromatic heterocycles. The van der Waals surface area contributed by atoms with Crippen molar-refractivity contribution in [1.82, 2.24) is 4.72 Å². The lowest BCUT2D eigenvalue weighted by atomic mass is 9.96. The number of nitrogens with one attached hydrogen (secondary N) is 1. The molecule has 1 aliphatic rings. The molecule has 0 atom stereocenters. The Morgan fingerprint density at radius 1 is 1.20 bits per heavy atom. The van der Waals surface area contributed by atoms with Crippen LogP contribution < -0.4 is 4.72 Å². The molecule has 0 spiro atoms. The van der Waals surface area contributed by atoms with Crippen molar-refractivity contribution in [2.45, 2.75) is 49.5 Å². The van der Waals surface area contributed by atoms with Crippen molar-refractivity contribution >= 4 is 16.0 Å². The second-order valence-electron chi connectivity index (χ2n) is 6.27. The maximum Gasteiger partial charge on any atom is 0.314 e. The summed E-state index contributed by atoms with van der Waals surface area (Å²) in [5.74, 6) is -0.846. The topological polar surface area (TPSA) is 83.5 Å². The van der Waals surface area contributed by atoms with Gasteiger partial charge in [-0.2, -0.15) is 0 Å². The number of rotatable bonds is 4. The van der Waals surface area contributed by atoms with Crippen LogP contribution in [0.3, 0.4) is 0 Å². The first-order valence-corrected chi connectivity index (χ1v) is 7.93. The van der Waals surface area contributed by atoms with Gasteiger partial charge in [0.15, 0.2) is 0 Å². The summed E-state index contributed by atoms with van der Waals surface area (Å²) in [6.45, 7) is 5.30. The lowest BCUT2D eigenvalue weighted by Crippen LogP contribution is -2.40. The smallest absolute Gasteiger partial charge is 0.314 e. The third-order valence-electron chi connectivity index (χ3n) is 3.32. The van der Waals surface area contributed by atoms with E-state index in [0.29, 0.717) is 18.4 Å². The van der Waals surface area contributed by atoms with Gasteiger partial charge in [-0.15, -0.1) is 0 Å². The Balaban J connectivity index is 2.28. The highest BCUT2D eigenvalue weighted by molar-refractivity contribution is 7.89. The van der Waals surface area contributed by atoms with Crippen LogP contribution in [-0.4, -0.2) is 25.0 Å². The normalized spacial score (nSPS) is 17.8. The zero-order valence-electron chi connectivity index (χ0n) is 11.8. The molecule has 110 valence electrons. The lowest BCUT2D eigenvalue weighted by molar-refractivity contribution is -0.140. The predicted molar refractivity (Wildman–Crippen MR) is 75.1 cm³/mol. The third-order valence-corrected chi connectivity index (χ3v) is 5.09. The van der Waals surface area contributed by atoms with Gasteiger partial charge in [-0.25, -0.2) is 13.1 Å². The monoisotopic (exact) mass is 297 g/mol. The summed E-state index contributed by atoms with van der Waals surface area (Å²) in [5, 5.41) is 9.21. The molecule has 0 saturated heterocycles. The second kappa shape index (κ2) is 4.56. The van der Waals surface area contributed by atoms with Gasteiger partial charge in [0.05, 0.1) is 10.3 Å². The Hall–Kier alpha value is -1.40. The first-order chi connectivity index (χ1) is 9.07. The zero-order chi connectivity index (χ0) is 15.2. The number of hydrogen-bond acceptors (Lipinski definition) is 3. The van der Waals surface area contributed by atoms with Crippen LogP contribution in [0.5, 0.6) is 0 Å². The average Bonchev–Trinajstić information content (AvgIpc) is 3.07. The van der Waals surface area contributed by atoms with Gasteiger partial charge in [0.2, 0.25) is 10.0 Å². The van der Waals surface area contributed by atoms with Crippen LogP contribution in [0.2, 0.25) is 0 Å². The van der Waals surface area contributed by atoms with E-state index in [9.17, 15) is 18.3 Å². The fourth-order valence-corrected chi connectivity index (χ4v) is 3.58. The second-order valence-corrected chi connectivity index (χ2v) is 7.95. The fourth-order valence-electron chi connectivity index (χ4n) is 2.17. The standard InChI is InChI=1S/C14H19NO4S/c1-13(2,3)15-20(18,19)11-6-4-10(5-7-11)14(8-9-14)12(16)17/h4-7,15H,8-9H2,1-3H3,(H,16,17). The maximum atomic E-state index is 12.1. The van der Waals surface area contributed by atoms with Crippen LogP contribution in [0.25, 0.3) is 0 Å². The molecule has 1 saturated carbocycles. The van der Waals surface area contributed by atoms with Gasteiger partial charge < -0.3 is 5.11 Å². The molecular weight excluding hydrogens is 278 g/mol. The molecular formula is C14H19NO4S. The molecule has 0 unspecified atom stereocenters. The molecule has 0 radical (unpaired) electrons. The molecule has 1 fully saturated rings. The number of aliphatic carboxylic acids is 1. The van der Waals surface area contributed by atoms with Gasteiger partial charge in [0.1, 0.15) is 0 Å². The van der Waals surface area contributed by atoms with Gasteiger partial charge in [-0.1, -0.05) is 12.1 Å². The fraction of sp³-hybridized carbons (Fsp3) is 0.500. The van der Waals surface area contributed by atoms with Gasteiger partial charge >= 0.3 is 5.97 Å². The van der Waals surface area contributed by atoms with Crippen molar-refractivity contribution in [3.8, 4) is 0 Å². The number of carboxylic acid groups (broad SMARTS) is 1. The van der Waals surface area contributed by atoms with E-state index in [4.69, 9.17) is 0 Å². The van der Waals surface area contributed by atoms with Gasteiger partial charge in [-0.3, -0.25) is 4.79 Å². The SMILES string of the molecule is CC(C)(C)NS(=O)(=O)c1ccc(C2(C(=O)O)CC2)cc1. The number of carbonyl (C=O) groups is 1. The van der Waals surface area contributed by atoms with Crippen molar-refractivity contribution in [3.63, 3.8) is 0 Å². The largest absolute Gasteiger partial charge is 0.481 e. The minimum absolute atomic E-state index is 0.150. The van der Waals surface area contributed by atoms with Crippen molar-refractivity contribution in [2.24, 2.45) is 0 Å². The van der Waals surface area contributed by atoms with Crippen LogP contribution in [0.4, 0.5) is 0 Å². The highest BCUT2D eigenvalue weighted by Gasteiger charge is 2.51. The molecule has 5 nitrogen and oxygen atoms in total. The van der Waals surface area contributed by atoms with Gasteiger partial charge in [0.25, 0.3) is 0 Å². The quantitative estimate of drug-likeness (QED) is 0.889. The van der Waals surface area contributed by atoms with E-state index in [-0.39, 0.29) is 4.90 Å². The van der Waals surface area contributed by atoms with E-state index in [1.165, 1.54) is 12.1 Å². The summed E-state index contributed by atoms with van der Waals surface area (Å²) in [6, 6.07) is 6.12. The summed E-state index contributed by atoms with van der Waals surface area (Å²) in [4.78, 5) is 11.4. The molecule has 1 aliphatic carbocycles. The predicted octanol–water partition coefficient (Wildman–Crippen LogP) is 1.88. The van der Waals surface area contributed by atoms with Gasteiger partial charge in [0, 0.05) is 5.54 Å². The van der Waals surface area contributed by atoms with E-state index in [1.807, 2.05) is 0 Å². The van der Waals surface area contributed by atoms with Crippen LogP contribution in [0.1, 0.15) is 39.2 Å². The number of benzene rings is 1. The van der Waals surface area contributed by atoms with E-state index in [1.54, 1.807) is 32.9 Å². The Bertz CT molecular complexity index is 622. The molecule has 2 N–H and O–H groups in total. The highest BCUT2D eigenvalue weighted by atomic mass is 32.2. The molecule has 0 bridgehead atoms. The van der Waals surface area contributed by atoms with E-state index in [0.717, 1.165) is 0 Å². The summed E-state index contributed by atoms with van der Waals surface area (Å²) in [5.41, 5.74) is -0.699. The first kappa shape index (κ1) is 15.0. The lowest BCUT2D eigenvalue weighted by Gasteiger charge is -2.20. The highest BCUT2D eigenvalue weighted by Crippen LogP contribution is 2.48. The Labute approximate surface area is 119 Å². The first-order valence-electron chi connectivity index (χ1n) is 6.45. The van der Waals surface area contributed by atoms with Gasteiger partial charge in [-0.05, 0) is 51.3 Å². The summed E-state index contributed by atoms with van der Waals surface area (Å²) >= 11 is 0. The molecule has 0 aliphatic heterocycles. The molecule has 20 heavy (non-hydrogen) atoms. The minimum Gasteiger partial charge on any atom is -0.481 e. The zero-order valence-corrected chi connectivity index (χ0v) is 12.6. The minimum atomic E-state index is -3.58. The van der Waals surface area contributed by atoms with Crippen molar-refractivity contribution in [1.29, 1.82) is 0 Å². The summed E-state index contributed by atoms with van der Waals surface area (Å²) in [7, 11) is -3.58. The van der Waals surface area contributed by atoms with Crippen LogP contribution in [0, 0.1) is 0 Å². The molecule has 1 aromatic carbocycles. The van der Waals surface area contributed by atoms with Crippen LogP contribution >= 0.6 is 0 Å². The average molecular weight is 297 g/mol. The molecule has 6 heteroatoms. The van der Waals surface area contributed by atoms with Crippen LogP contribution in [-0.2, 0) is 20.2 Å². The van der Waals surface area contributed by atoms with Crippen molar-refractivity contribution in [2.75, 3.05) is 0 Å². The van der Waals surface area contributed by atoms with Crippen molar-refractivity contribution < 1.29 is 18.3 Å². The van der Waals surface area contributed by atoms with E-state index < -0.39 is 26.9 Å². The number of sulfonamides is 1. The molecule has 1 aromatic rings. The molecule has 0 heterocycles.